The summed E-state index contributed by atoms with van der Waals surface area (Å²) in [7, 11) is -1.92. The number of benzene rings is 1. The number of rotatable bonds is 7. The van der Waals surface area contributed by atoms with Crippen molar-refractivity contribution in [3.05, 3.63) is 27.2 Å². The summed E-state index contributed by atoms with van der Waals surface area (Å²) in [5, 5.41) is 9.00. The number of aromatic carboxylic acids is 1. The highest BCUT2D eigenvalue weighted by Crippen LogP contribution is 2.29. The van der Waals surface area contributed by atoms with Crippen LogP contribution in [0.3, 0.4) is 0 Å². The molecule has 0 saturated heterocycles. The molecular weight excluding hydrogens is 384 g/mol. The van der Waals surface area contributed by atoms with E-state index >= 15 is 0 Å². The van der Waals surface area contributed by atoms with Crippen LogP contribution < -0.4 is 4.72 Å². The summed E-state index contributed by atoms with van der Waals surface area (Å²) < 4.78 is 27.0. The van der Waals surface area contributed by atoms with E-state index in [0.717, 1.165) is 12.6 Å². The predicted octanol–water partition coefficient (Wildman–Crippen LogP) is 2.03. The van der Waals surface area contributed by atoms with Gasteiger partial charge in [-0.1, -0.05) is 18.5 Å². The van der Waals surface area contributed by atoms with E-state index in [1.54, 1.807) is 0 Å². The second-order valence-corrected chi connectivity index (χ2v) is 7.36. The Morgan fingerprint density at radius 1 is 1.48 bits per heavy atom. The Bertz CT molecular complexity index is 636. The third-order valence-corrected chi connectivity index (χ3v) is 5.57. The molecule has 0 spiro atoms. The Morgan fingerprint density at radius 2 is 2.10 bits per heavy atom. The molecule has 0 unspecified atom stereocenters. The van der Waals surface area contributed by atoms with Crippen LogP contribution in [0, 0.1) is 0 Å². The standard InChI is InChI=1S/C12H16BrClN2O4S/c1-3-16(2)5-4-15-21(19,20)8-6-9(12(17)18)11(14)10(13)7-8/h6-7,15H,3-5H2,1-2H3,(H,17,18). The van der Waals surface area contributed by atoms with E-state index < -0.39 is 16.0 Å². The Balaban J connectivity index is 3.01. The second-order valence-electron chi connectivity index (χ2n) is 4.37. The molecular formula is C12H16BrClN2O4S. The van der Waals surface area contributed by atoms with Gasteiger partial charge >= 0.3 is 5.97 Å². The van der Waals surface area contributed by atoms with Crippen molar-refractivity contribution in [2.24, 2.45) is 0 Å². The zero-order chi connectivity index (χ0) is 16.2. The van der Waals surface area contributed by atoms with E-state index in [0.29, 0.717) is 6.54 Å². The lowest BCUT2D eigenvalue weighted by Crippen LogP contribution is -2.33. The maximum atomic E-state index is 12.2. The van der Waals surface area contributed by atoms with Crippen molar-refractivity contribution >= 4 is 43.5 Å². The molecule has 0 aliphatic carbocycles. The fraction of sp³-hybridized carbons (Fsp3) is 0.417. The van der Waals surface area contributed by atoms with Crippen LogP contribution in [0.1, 0.15) is 17.3 Å². The fourth-order valence-electron chi connectivity index (χ4n) is 1.49. The summed E-state index contributed by atoms with van der Waals surface area (Å²) in [6.45, 7) is 3.55. The highest BCUT2D eigenvalue weighted by atomic mass is 79.9. The van der Waals surface area contributed by atoms with Crippen molar-refractivity contribution in [2.75, 3.05) is 26.7 Å². The molecule has 0 saturated carbocycles. The zero-order valence-corrected chi connectivity index (χ0v) is 14.7. The van der Waals surface area contributed by atoms with Gasteiger partial charge in [-0.05, 0) is 41.7 Å². The minimum atomic E-state index is -3.79. The number of hydrogen-bond acceptors (Lipinski definition) is 4. The van der Waals surface area contributed by atoms with Crippen molar-refractivity contribution in [3.8, 4) is 0 Å². The van der Waals surface area contributed by atoms with Crippen LogP contribution in [0.5, 0.6) is 0 Å². The molecule has 21 heavy (non-hydrogen) atoms. The number of sulfonamides is 1. The van der Waals surface area contributed by atoms with Crippen LogP contribution in [0.2, 0.25) is 5.02 Å². The normalized spacial score (nSPS) is 11.9. The molecule has 0 heterocycles. The number of halogens is 2. The summed E-state index contributed by atoms with van der Waals surface area (Å²) >= 11 is 8.89. The number of likely N-dealkylation sites (N-methyl/N-ethyl adjacent to an activating group) is 1. The first-order valence-corrected chi connectivity index (χ1v) is 8.75. The van der Waals surface area contributed by atoms with Gasteiger partial charge in [0.1, 0.15) is 0 Å². The summed E-state index contributed by atoms with van der Waals surface area (Å²) in [4.78, 5) is 12.9. The maximum Gasteiger partial charge on any atom is 0.337 e. The van der Waals surface area contributed by atoms with E-state index in [9.17, 15) is 13.2 Å². The largest absolute Gasteiger partial charge is 0.478 e. The molecule has 0 amide bonds. The van der Waals surface area contributed by atoms with Crippen molar-refractivity contribution in [1.29, 1.82) is 0 Å². The molecule has 2 N–H and O–H groups in total. The molecule has 0 fully saturated rings. The lowest BCUT2D eigenvalue weighted by molar-refractivity contribution is 0.0696. The van der Waals surface area contributed by atoms with Crippen LogP contribution in [0.15, 0.2) is 21.5 Å². The zero-order valence-electron chi connectivity index (χ0n) is 11.6. The van der Waals surface area contributed by atoms with E-state index in [4.69, 9.17) is 16.7 Å². The Hall–Kier alpha value is -0.670. The van der Waals surface area contributed by atoms with Crippen LogP contribution in [0.25, 0.3) is 0 Å². The molecule has 0 aliphatic heterocycles. The fourth-order valence-corrected chi connectivity index (χ4v) is 3.36. The average molecular weight is 400 g/mol. The van der Waals surface area contributed by atoms with Crippen molar-refractivity contribution < 1.29 is 18.3 Å². The molecule has 1 aromatic carbocycles. The van der Waals surface area contributed by atoms with Gasteiger partial charge < -0.3 is 10.0 Å². The smallest absolute Gasteiger partial charge is 0.337 e. The highest BCUT2D eigenvalue weighted by molar-refractivity contribution is 9.10. The molecule has 0 aromatic heterocycles. The van der Waals surface area contributed by atoms with Crippen molar-refractivity contribution in [2.45, 2.75) is 11.8 Å². The van der Waals surface area contributed by atoms with E-state index in [-0.39, 0.29) is 26.5 Å². The highest BCUT2D eigenvalue weighted by Gasteiger charge is 2.20. The van der Waals surface area contributed by atoms with Gasteiger partial charge in [0.25, 0.3) is 0 Å². The van der Waals surface area contributed by atoms with Crippen molar-refractivity contribution in [1.82, 2.24) is 9.62 Å². The first-order chi connectivity index (χ1) is 9.69. The van der Waals surface area contributed by atoms with E-state index in [1.807, 2.05) is 18.9 Å². The Labute approximate surface area is 137 Å². The van der Waals surface area contributed by atoms with Crippen LogP contribution in [-0.2, 0) is 10.0 Å². The van der Waals surface area contributed by atoms with Gasteiger partial charge in [-0.3, -0.25) is 0 Å². The number of nitrogens with one attached hydrogen (secondary N) is 1. The van der Waals surface area contributed by atoms with Gasteiger partial charge in [0.2, 0.25) is 10.0 Å². The molecule has 0 atom stereocenters. The minimum Gasteiger partial charge on any atom is -0.478 e. The van der Waals surface area contributed by atoms with Gasteiger partial charge in [0.15, 0.2) is 0 Å². The topological polar surface area (TPSA) is 86.7 Å². The number of carbonyl (C=O) groups is 1. The molecule has 1 aromatic rings. The van der Waals surface area contributed by atoms with Gasteiger partial charge in [-0.15, -0.1) is 0 Å². The quantitative estimate of drug-likeness (QED) is 0.732. The Kier molecular flexibility index (Phi) is 6.61. The summed E-state index contributed by atoms with van der Waals surface area (Å²) in [5.74, 6) is -1.29. The first kappa shape index (κ1) is 18.4. The molecule has 0 aliphatic rings. The van der Waals surface area contributed by atoms with Gasteiger partial charge in [0, 0.05) is 17.6 Å². The number of carboxylic acids is 1. The summed E-state index contributed by atoms with van der Waals surface area (Å²) in [6, 6.07) is 2.32. The molecule has 9 heteroatoms. The minimum absolute atomic E-state index is 0.0350. The third kappa shape index (κ3) is 4.93. The van der Waals surface area contributed by atoms with Crippen LogP contribution >= 0.6 is 27.5 Å². The number of hydrogen-bond donors (Lipinski definition) is 2. The first-order valence-electron chi connectivity index (χ1n) is 6.09. The third-order valence-electron chi connectivity index (χ3n) is 2.87. The maximum absolute atomic E-state index is 12.2. The second kappa shape index (κ2) is 7.55. The van der Waals surface area contributed by atoms with Crippen molar-refractivity contribution in [3.63, 3.8) is 0 Å². The molecule has 6 nitrogen and oxygen atoms in total. The summed E-state index contributed by atoms with van der Waals surface area (Å²) in [6.07, 6.45) is 0. The molecule has 0 bridgehead atoms. The molecule has 0 radical (unpaired) electrons. The SMILES string of the molecule is CCN(C)CCNS(=O)(=O)c1cc(Br)c(Cl)c(C(=O)O)c1. The van der Waals surface area contributed by atoms with Gasteiger partial charge in [-0.25, -0.2) is 17.9 Å². The average Bonchev–Trinajstić information content (AvgIpc) is 2.40. The lowest BCUT2D eigenvalue weighted by atomic mass is 10.2. The molecule has 118 valence electrons. The van der Waals surface area contributed by atoms with E-state index in [2.05, 4.69) is 20.7 Å². The van der Waals surface area contributed by atoms with Crippen LogP contribution in [-0.4, -0.2) is 51.1 Å². The van der Waals surface area contributed by atoms with Crippen LogP contribution in [0.4, 0.5) is 0 Å². The Morgan fingerprint density at radius 3 is 2.62 bits per heavy atom. The number of carboxylic acid groups (broad SMARTS) is 1. The summed E-state index contributed by atoms with van der Waals surface area (Å²) in [5.41, 5.74) is -0.267. The molecule has 1 rings (SSSR count). The number of nitrogens with zero attached hydrogens (tertiary/aromatic N) is 1. The van der Waals surface area contributed by atoms with Gasteiger partial charge in [0.05, 0.1) is 15.5 Å². The predicted molar refractivity (Wildman–Crippen MR) is 84.5 cm³/mol. The van der Waals surface area contributed by atoms with E-state index in [1.165, 1.54) is 6.07 Å². The lowest BCUT2D eigenvalue weighted by Gasteiger charge is -2.14. The monoisotopic (exact) mass is 398 g/mol. The van der Waals surface area contributed by atoms with Gasteiger partial charge in [-0.2, -0.15) is 0 Å².